The van der Waals surface area contributed by atoms with Gasteiger partial charge in [0.2, 0.25) is 0 Å². The standard InChI is InChI=1S/C26H31NO5/c1-30-23-14-13-18(16-24(23)31-2)15-22(19-9-5-4-6-10-19)25(28)27-17-20-11-7-8-12-21(20)26(29)32-3/h4-6,9-10,13-16,20-21H,7-8,11-12,17H2,1-3H3,(H,27,28)/b22-15+. The highest BCUT2D eigenvalue weighted by Gasteiger charge is 2.32. The molecule has 6 heteroatoms. The smallest absolute Gasteiger partial charge is 0.309 e. The van der Waals surface area contributed by atoms with Crippen LogP contribution >= 0.6 is 0 Å². The highest BCUT2D eigenvalue weighted by molar-refractivity contribution is 6.24. The molecule has 1 aliphatic carbocycles. The number of ether oxygens (including phenoxy) is 3. The number of rotatable bonds is 8. The largest absolute Gasteiger partial charge is 0.493 e. The highest BCUT2D eigenvalue weighted by Crippen LogP contribution is 2.31. The molecule has 0 radical (unpaired) electrons. The monoisotopic (exact) mass is 437 g/mol. The summed E-state index contributed by atoms with van der Waals surface area (Å²) in [7, 11) is 4.59. The van der Waals surface area contributed by atoms with E-state index < -0.39 is 0 Å². The minimum Gasteiger partial charge on any atom is -0.493 e. The van der Waals surface area contributed by atoms with Crippen LogP contribution in [-0.2, 0) is 14.3 Å². The predicted octanol–water partition coefficient (Wildman–Crippen LogP) is 4.34. The lowest BCUT2D eigenvalue weighted by molar-refractivity contribution is -0.148. The fraction of sp³-hybridized carbons (Fsp3) is 0.385. The molecule has 1 fully saturated rings. The van der Waals surface area contributed by atoms with E-state index in [4.69, 9.17) is 14.2 Å². The second kappa shape index (κ2) is 11.4. The molecular formula is C26H31NO5. The maximum Gasteiger partial charge on any atom is 0.309 e. The summed E-state index contributed by atoms with van der Waals surface area (Å²) in [6.45, 7) is 0.439. The van der Waals surface area contributed by atoms with Crippen LogP contribution in [0, 0.1) is 11.8 Å². The molecule has 170 valence electrons. The molecule has 2 atom stereocenters. The molecule has 32 heavy (non-hydrogen) atoms. The van der Waals surface area contributed by atoms with E-state index in [2.05, 4.69) is 5.32 Å². The molecule has 0 aromatic heterocycles. The Morgan fingerprint density at radius 1 is 0.969 bits per heavy atom. The number of esters is 1. The van der Waals surface area contributed by atoms with Crippen LogP contribution in [0.25, 0.3) is 11.6 Å². The Kier molecular flexibility index (Phi) is 8.31. The van der Waals surface area contributed by atoms with Crippen molar-refractivity contribution in [1.82, 2.24) is 5.32 Å². The summed E-state index contributed by atoms with van der Waals surface area (Å²) in [6, 6.07) is 15.1. The van der Waals surface area contributed by atoms with Crippen LogP contribution in [0.2, 0.25) is 0 Å². The lowest BCUT2D eigenvalue weighted by Gasteiger charge is -2.29. The second-order valence-corrected chi connectivity index (χ2v) is 7.92. The van der Waals surface area contributed by atoms with E-state index in [0.29, 0.717) is 23.6 Å². The van der Waals surface area contributed by atoms with Crippen LogP contribution in [0.5, 0.6) is 11.5 Å². The molecule has 0 heterocycles. The van der Waals surface area contributed by atoms with Crippen LogP contribution in [0.1, 0.15) is 36.8 Å². The van der Waals surface area contributed by atoms with Gasteiger partial charge in [-0.05, 0) is 48.1 Å². The summed E-state index contributed by atoms with van der Waals surface area (Å²) in [4.78, 5) is 25.4. The lowest BCUT2D eigenvalue weighted by Crippen LogP contribution is -2.37. The van der Waals surface area contributed by atoms with Gasteiger partial charge in [0.25, 0.3) is 5.91 Å². The van der Waals surface area contributed by atoms with Crippen molar-refractivity contribution in [3.8, 4) is 11.5 Å². The van der Waals surface area contributed by atoms with Crippen molar-refractivity contribution in [2.45, 2.75) is 25.7 Å². The Labute approximate surface area is 189 Å². The van der Waals surface area contributed by atoms with Gasteiger partial charge in [-0.1, -0.05) is 49.2 Å². The Morgan fingerprint density at radius 2 is 1.69 bits per heavy atom. The van der Waals surface area contributed by atoms with E-state index >= 15 is 0 Å². The van der Waals surface area contributed by atoms with Gasteiger partial charge in [0, 0.05) is 12.1 Å². The average Bonchev–Trinajstić information content (AvgIpc) is 2.85. The number of nitrogens with one attached hydrogen (secondary N) is 1. The number of carbonyl (C=O) groups excluding carboxylic acids is 2. The third kappa shape index (κ3) is 5.69. The number of methoxy groups -OCH3 is 3. The van der Waals surface area contributed by atoms with Crippen molar-refractivity contribution < 1.29 is 23.8 Å². The second-order valence-electron chi connectivity index (χ2n) is 7.92. The molecule has 1 aliphatic rings. The maximum atomic E-state index is 13.3. The number of hydrogen-bond donors (Lipinski definition) is 1. The van der Waals surface area contributed by atoms with Gasteiger partial charge in [-0.25, -0.2) is 0 Å². The molecule has 0 saturated heterocycles. The SMILES string of the molecule is COC(=O)C1CCCCC1CNC(=O)/C(=C/c1ccc(OC)c(OC)c1)c1ccccc1. The molecule has 0 spiro atoms. The molecule has 1 saturated carbocycles. The molecule has 2 unspecified atom stereocenters. The summed E-state index contributed by atoms with van der Waals surface area (Å²) in [5, 5.41) is 3.06. The number of carbonyl (C=O) groups is 2. The number of benzene rings is 2. The first-order chi connectivity index (χ1) is 15.6. The quantitative estimate of drug-likeness (QED) is 0.378. The fourth-order valence-electron chi connectivity index (χ4n) is 4.24. The van der Waals surface area contributed by atoms with Gasteiger partial charge in [0.15, 0.2) is 11.5 Å². The summed E-state index contributed by atoms with van der Waals surface area (Å²) < 4.78 is 15.7. The van der Waals surface area contributed by atoms with Crippen molar-refractivity contribution in [3.63, 3.8) is 0 Å². The van der Waals surface area contributed by atoms with E-state index in [-0.39, 0.29) is 23.7 Å². The van der Waals surface area contributed by atoms with E-state index in [9.17, 15) is 9.59 Å². The summed E-state index contributed by atoms with van der Waals surface area (Å²) in [5.41, 5.74) is 2.18. The van der Waals surface area contributed by atoms with Gasteiger partial charge in [-0.3, -0.25) is 9.59 Å². The molecule has 2 aromatic rings. The van der Waals surface area contributed by atoms with Crippen LogP contribution in [0.3, 0.4) is 0 Å². The number of hydrogen-bond acceptors (Lipinski definition) is 5. The van der Waals surface area contributed by atoms with E-state index in [0.717, 1.165) is 36.8 Å². The summed E-state index contributed by atoms with van der Waals surface area (Å²) >= 11 is 0. The van der Waals surface area contributed by atoms with Crippen molar-refractivity contribution in [2.24, 2.45) is 11.8 Å². The normalized spacial score (nSPS) is 18.5. The Morgan fingerprint density at radius 3 is 2.38 bits per heavy atom. The zero-order chi connectivity index (χ0) is 22.9. The zero-order valence-corrected chi connectivity index (χ0v) is 18.9. The first-order valence-electron chi connectivity index (χ1n) is 10.9. The Bertz CT molecular complexity index is 954. The average molecular weight is 438 g/mol. The van der Waals surface area contributed by atoms with Gasteiger partial charge in [-0.2, -0.15) is 0 Å². The molecule has 0 bridgehead atoms. The molecule has 2 aromatic carbocycles. The highest BCUT2D eigenvalue weighted by atomic mass is 16.5. The van der Waals surface area contributed by atoms with Crippen LogP contribution < -0.4 is 14.8 Å². The summed E-state index contributed by atoms with van der Waals surface area (Å²) in [6.07, 6.45) is 5.62. The predicted molar refractivity (Wildman–Crippen MR) is 124 cm³/mol. The van der Waals surface area contributed by atoms with Gasteiger partial charge in [0.1, 0.15) is 0 Å². The Balaban J connectivity index is 1.84. The molecule has 3 rings (SSSR count). The van der Waals surface area contributed by atoms with E-state index in [1.807, 2.05) is 54.6 Å². The van der Waals surface area contributed by atoms with Crippen molar-refractivity contribution in [3.05, 3.63) is 59.7 Å². The van der Waals surface area contributed by atoms with Crippen LogP contribution in [0.15, 0.2) is 48.5 Å². The van der Waals surface area contributed by atoms with Crippen LogP contribution in [0.4, 0.5) is 0 Å². The first kappa shape index (κ1) is 23.4. The third-order valence-corrected chi connectivity index (χ3v) is 5.99. The van der Waals surface area contributed by atoms with Gasteiger partial charge < -0.3 is 19.5 Å². The van der Waals surface area contributed by atoms with Gasteiger partial charge in [-0.15, -0.1) is 0 Å². The minimum atomic E-state index is -0.187. The lowest BCUT2D eigenvalue weighted by atomic mass is 9.79. The molecule has 1 amide bonds. The molecule has 6 nitrogen and oxygen atoms in total. The molecular weight excluding hydrogens is 406 g/mol. The maximum absolute atomic E-state index is 13.3. The van der Waals surface area contributed by atoms with Crippen molar-refractivity contribution in [1.29, 1.82) is 0 Å². The minimum absolute atomic E-state index is 0.0817. The zero-order valence-electron chi connectivity index (χ0n) is 18.9. The van der Waals surface area contributed by atoms with Crippen LogP contribution in [-0.4, -0.2) is 39.8 Å². The molecule has 0 aliphatic heterocycles. The topological polar surface area (TPSA) is 73.9 Å². The van der Waals surface area contributed by atoms with E-state index in [1.54, 1.807) is 14.2 Å². The van der Waals surface area contributed by atoms with E-state index in [1.165, 1.54) is 7.11 Å². The summed E-state index contributed by atoms with van der Waals surface area (Å²) in [5.74, 6) is 0.772. The first-order valence-corrected chi connectivity index (χ1v) is 10.9. The molecule has 1 N–H and O–H groups in total. The van der Waals surface area contributed by atoms with Crippen molar-refractivity contribution >= 4 is 23.5 Å². The third-order valence-electron chi connectivity index (χ3n) is 5.99. The van der Waals surface area contributed by atoms with Gasteiger partial charge in [0.05, 0.1) is 27.2 Å². The fourth-order valence-corrected chi connectivity index (χ4v) is 4.24. The van der Waals surface area contributed by atoms with Crippen molar-refractivity contribution in [2.75, 3.05) is 27.9 Å². The number of amides is 1. The van der Waals surface area contributed by atoms with Gasteiger partial charge >= 0.3 is 5.97 Å². The Hall–Kier alpha value is -3.28.